The molecular formula is C30H14F10Na2O8S2. The number of ketones is 2. The van der Waals surface area contributed by atoms with E-state index in [2.05, 4.69) is 6.07 Å². The maximum absolute atomic E-state index is 14.9. The molecule has 52 heavy (non-hydrogen) atoms. The van der Waals surface area contributed by atoms with E-state index in [0.717, 1.165) is 18.2 Å². The van der Waals surface area contributed by atoms with Crippen LogP contribution < -0.4 is 59.1 Å². The van der Waals surface area contributed by atoms with Gasteiger partial charge in [-0.25, -0.2) is 17.2 Å². The average Bonchev–Trinajstić information content (AvgIpc) is 3.03. The molecule has 4 rings (SSSR count). The van der Waals surface area contributed by atoms with Crippen LogP contribution in [0.15, 0.2) is 89.8 Å². The number of alkyl halides is 8. The predicted molar refractivity (Wildman–Crippen MR) is 147 cm³/mol. The molecule has 0 saturated heterocycles. The third-order valence-electron chi connectivity index (χ3n) is 6.70. The van der Waals surface area contributed by atoms with Crippen LogP contribution in [0.3, 0.4) is 0 Å². The Kier molecular flexibility index (Phi) is 15.8. The van der Waals surface area contributed by atoms with Crippen LogP contribution in [0.2, 0.25) is 0 Å². The molecule has 0 aliphatic carbocycles. The number of carbonyl (C=O) groups excluding carboxylic acids is 2. The maximum atomic E-state index is 14.9. The Balaban J connectivity index is 0.00000214. The summed E-state index contributed by atoms with van der Waals surface area (Å²) >= 11 is 0. The molecule has 0 spiro atoms. The smallest absolute Gasteiger partial charge is 0.744 e. The Hall–Kier alpha value is -2.95. The first-order valence-corrected chi connectivity index (χ1v) is 15.3. The molecule has 0 aliphatic rings. The number of carbonyl (C=O) groups is 2. The van der Waals surface area contributed by atoms with E-state index in [0.29, 0.717) is 42.5 Å². The van der Waals surface area contributed by atoms with E-state index in [1.54, 1.807) is 0 Å². The second kappa shape index (κ2) is 17.5. The molecule has 8 nitrogen and oxygen atoms in total. The van der Waals surface area contributed by atoms with E-state index in [9.17, 15) is 66.5 Å². The number of benzene rings is 4. The SMILES string of the molecule is O=C(c1c[c-]c(F)cc1)c1ccc(C(F)(F)C(F)(F)C(F)(F)C(F)(F)c2ccc(C(=O)c3ccc(F)c(S(=O)(=O)[O-])c3)cc2)cc1.O=S(=O)=O.[Na+].[Na+]. The van der Waals surface area contributed by atoms with Gasteiger partial charge in [0.25, 0.3) is 0 Å². The summed E-state index contributed by atoms with van der Waals surface area (Å²) in [5.74, 6) is -30.0. The molecule has 0 saturated carbocycles. The van der Waals surface area contributed by atoms with E-state index in [4.69, 9.17) is 12.6 Å². The van der Waals surface area contributed by atoms with E-state index in [-0.39, 0.29) is 88.9 Å². The van der Waals surface area contributed by atoms with Gasteiger partial charge in [0.15, 0.2) is 5.78 Å². The Bertz CT molecular complexity index is 2150. The predicted octanol–water partition coefficient (Wildman–Crippen LogP) is 0.289. The van der Waals surface area contributed by atoms with Crippen molar-refractivity contribution in [1.82, 2.24) is 0 Å². The molecule has 0 N–H and O–H groups in total. The molecule has 0 heterocycles. The first-order valence-electron chi connectivity index (χ1n) is 12.9. The topological polar surface area (TPSA) is 143 Å². The minimum absolute atomic E-state index is 0. The quantitative estimate of drug-likeness (QED) is 0.0733. The molecule has 0 unspecified atom stereocenters. The van der Waals surface area contributed by atoms with E-state index < -0.39 is 100 Å². The Morgan fingerprint density at radius 2 is 0.942 bits per heavy atom. The van der Waals surface area contributed by atoms with Crippen LogP contribution in [0.5, 0.6) is 0 Å². The van der Waals surface area contributed by atoms with Crippen LogP contribution in [0, 0.1) is 17.7 Å². The summed E-state index contributed by atoms with van der Waals surface area (Å²) in [7, 11) is -8.51. The Labute approximate surface area is 332 Å². The molecule has 266 valence electrons. The monoisotopic (exact) mass is 802 g/mol. The van der Waals surface area contributed by atoms with Crippen molar-refractivity contribution in [3.8, 4) is 0 Å². The van der Waals surface area contributed by atoms with Crippen molar-refractivity contribution in [3.63, 3.8) is 0 Å². The van der Waals surface area contributed by atoms with Crippen LogP contribution in [-0.2, 0) is 32.6 Å². The van der Waals surface area contributed by atoms with E-state index >= 15 is 0 Å². The molecule has 4 aromatic rings. The van der Waals surface area contributed by atoms with Crippen molar-refractivity contribution in [2.24, 2.45) is 0 Å². The van der Waals surface area contributed by atoms with E-state index in [1.165, 1.54) is 0 Å². The van der Waals surface area contributed by atoms with Gasteiger partial charge in [0.05, 0.1) is 4.90 Å². The number of rotatable bonds is 10. The number of hydrogen-bond acceptors (Lipinski definition) is 8. The minimum atomic E-state index is -6.78. The van der Waals surface area contributed by atoms with Crippen LogP contribution >= 0.6 is 0 Å². The molecular weight excluding hydrogens is 788 g/mol. The molecule has 22 heteroatoms. The Morgan fingerprint density at radius 3 is 1.29 bits per heavy atom. The second-order valence-electron chi connectivity index (χ2n) is 9.84. The molecule has 4 aromatic carbocycles. The zero-order valence-electron chi connectivity index (χ0n) is 25.9. The van der Waals surface area contributed by atoms with Crippen molar-refractivity contribution < 1.29 is 138 Å². The van der Waals surface area contributed by atoms with Crippen molar-refractivity contribution in [1.29, 1.82) is 0 Å². The average molecular weight is 803 g/mol. The number of hydrogen-bond donors (Lipinski definition) is 0. The van der Waals surface area contributed by atoms with Crippen LogP contribution in [0.25, 0.3) is 0 Å². The van der Waals surface area contributed by atoms with Crippen molar-refractivity contribution in [2.75, 3.05) is 0 Å². The van der Waals surface area contributed by atoms with Gasteiger partial charge in [-0.3, -0.25) is 4.79 Å². The van der Waals surface area contributed by atoms with Crippen LogP contribution in [-0.4, -0.2) is 49.0 Å². The normalized spacial score (nSPS) is 12.0. The first-order chi connectivity index (χ1) is 22.9. The van der Waals surface area contributed by atoms with Gasteiger partial charge in [-0.05, 0) is 18.2 Å². The van der Waals surface area contributed by atoms with Crippen LogP contribution in [0.1, 0.15) is 43.0 Å². The maximum Gasteiger partial charge on any atom is 1.00 e. The molecule has 0 bridgehead atoms. The van der Waals surface area contributed by atoms with Gasteiger partial charge >= 0.3 is 93.4 Å². The minimum Gasteiger partial charge on any atom is -0.744 e. The van der Waals surface area contributed by atoms with Gasteiger partial charge in [-0.1, -0.05) is 54.1 Å². The molecule has 0 amide bonds. The largest absolute Gasteiger partial charge is 1.00 e. The summed E-state index contributed by atoms with van der Waals surface area (Å²) in [5.41, 5.74) is -5.69. The van der Waals surface area contributed by atoms with Gasteiger partial charge in [0.2, 0.25) is 0 Å². The van der Waals surface area contributed by atoms with Crippen molar-refractivity contribution >= 4 is 32.3 Å². The van der Waals surface area contributed by atoms with Gasteiger partial charge in [-0.2, -0.15) is 47.3 Å². The third kappa shape index (κ3) is 9.77. The molecule has 0 aromatic heterocycles. The van der Waals surface area contributed by atoms with Gasteiger partial charge < -0.3 is 9.35 Å². The first kappa shape index (κ1) is 47.1. The van der Waals surface area contributed by atoms with Gasteiger partial charge in [0, 0.05) is 33.6 Å². The summed E-state index contributed by atoms with van der Waals surface area (Å²) in [6, 6.07) is 8.57. The zero-order chi connectivity index (χ0) is 38.0. The summed E-state index contributed by atoms with van der Waals surface area (Å²) in [4.78, 5) is 23.6. The Morgan fingerprint density at radius 1 is 0.596 bits per heavy atom. The molecule has 0 atom stereocenters. The van der Waals surface area contributed by atoms with Crippen molar-refractivity contribution in [3.05, 3.63) is 136 Å². The van der Waals surface area contributed by atoms with E-state index in [1.807, 2.05) is 0 Å². The summed E-state index contributed by atoms with van der Waals surface area (Å²) in [6.45, 7) is 0. The third-order valence-corrected chi connectivity index (χ3v) is 7.55. The van der Waals surface area contributed by atoms with Gasteiger partial charge in [-0.15, -0.1) is 24.8 Å². The summed E-state index contributed by atoms with van der Waals surface area (Å²) in [6.07, 6.45) is 0. The molecule has 0 fully saturated rings. The second-order valence-corrected chi connectivity index (χ2v) is 11.6. The fourth-order valence-electron chi connectivity index (χ4n) is 4.14. The van der Waals surface area contributed by atoms with Crippen LogP contribution in [0.4, 0.5) is 43.9 Å². The fraction of sp³-hybridized carbons (Fsp3) is 0.133. The van der Waals surface area contributed by atoms with Crippen molar-refractivity contribution in [2.45, 2.75) is 28.6 Å². The fourth-order valence-corrected chi connectivity index (χ4v) is 4.71. The summed E-state index contributed by atoms with van der Waals surface area (Å²) in [5, 5.41) is 0. The number of halogens is 10. The molecule has 0 aliphatic heterocycles. The standard InChI is InChI=1S/C30H15F10O5S.2Na.O3S/c31-22-12-5-18(6-13-22)25(41)16-1-8-20(9-2-16)27(33,34)29(37,38)30(39,40)28(35,36)21-10-3-17(4-11-21)26(42)19-7-14-23(32)24(15-19)46(43,44)45;;;1-4(2)3/h1-12,14-15H,(H,43,44,45);;;/q-1;2*+1;/p-1. The molecule has 0 radical (unpaired) electrons. The zero-order valence-corrected chi connectivity index (χ0v) is 31.6. The summed E-state index contributed by atoms with van der Waals surface area (Å²) < 4.78 is 204. The van der Waals surface area contributed by atoms with Gasteiger partial charge in [0.1, 0.15) is 21.7 Å².